The summed E-state index contributed by atoms with van der Waals surface area (Å²) in [6.45, 7) is 11.3. The monoisotopic (exact) mass is 548 g/mol. The van der Waals surface area contributed by atoms with Crippen molar-refractivity contribution >= 4 is 23.4 Å². The molecule has 0 aliphatic carbocycles. The minimum absolute atomic E-state index is 0.0347. The normalized spacial score (nSPS) is 15.1. The molecule has 0 amide bonds. The number of ether oxygens (including phenoxy) is 3. The van der Waals surface area contributed by atoms with Crippen molar-refractivity contribution in [1.29, 1.82) is 0 Å². The van der Waals surface area contributed by atoms with E-state index >= 15 is 0 Å². The number of carbonyl (C=O) groups is 1. The molecule has 3 aromatic rings. The number of methoxy groups -OCH3 is 1. The van der Waals surface area contributed by atoms with Gasteiger partial charge in [-0.2, -0.15) is 0 Å². The lowest BCUT2D eigenvalue weighted by molar-refractivity contribution is -0.139. The van der Waals surface area contributed by atoms with E-state index in [-0.39, 0.29) is 29.6 Å². The molecular formula is C30H32N2O6S. The van der Waals surface area contributed by atoms with Gasteiger partial charge in [0.25, 0.3) is 5.56 Å². The first-order chi connectivity index (χ1) is 18.7. The fourth-order valence-electron chi connectivity index (χ4n) is 4.54. The van der Waals surface area contributed by atoms with E-state index in [1.807, 2.05) is 38.1 Å². The molecular weight excluding hydrogens is 516 g/mol. The Morgan fingerprint density at radius 1 is 1.26 bits per heavy atom. The first-order valence-corrected chi connectivity index (χ1v) is 13.5. The fraction of sp³-hybridized carbons (Fsp3) is 0.300. The summed E-state index contributed by atoms with van der Waals surface area (Å²) in [5, 5.41) is 10.5. The van der Waals surface area contributed by atoms with Crippen LogP contribution in [0.5, 0.6) is 17.2 Å². The number of fused-ring (bicyclic) bond motifs is 1. The highest BCUT2D eigenvalue weighted by Gasteiger charge is 2.35. The first-order valence-electron chi connectivity index (χ1n) is 12.7. The van der Waals surface area contributed by atoms with Crippen molar-refractivity contribution in [2.75, 3.05) is 13.7 Å². The highest BCUT2D eigenvalue weighted by Crippen LogP contribution is 2.36. The van der Waals surface area contributed by atoms with Gasteiger partial charge in [0.15, 0.2) is 16.3 Å². The Hall–Kier alpha value is -4.11. The second kappa shape index (κ2) is 11.7. The molecule has 1 aromatic heterocycles. The number of aromatic hydroxyl groups is 1. The molecule has 0 fully saturated rings. The van der Waals surface area contributed by atoms with Gasteiger partial charge in [-0.05, 0) is 64.0 Å². The molecule has 0 radical (unpaired) electrons. The third kappa shape index (κ3) is 5.54. The maximum absolute atomic E-state index is 14.0. The van der Waals surface area contributed by atoms with Crippen LogP contribution >= 0.6 is 11.3 Å². The molecule has 4 rings (SSSR count). The van der Waals surface area contributed by atoms with Crippen LogP contribution in [0.25, 0.3) is 6.08 Å². The van der Waals surface area contributed by atoms with Crippen molar-refractivity contribution < 1.29 is 24.1 Å². The highest BCUT2D eigenvalue weighted by atomic mass is 32.1. The Balaban J connectivity index is 1.98. The standard InChI is InChI=1S/C30H32N2O6S/c1-7-11-20-14-19(15-23(36-6)27(20)33)16-24-28(34)32-26(21-12-9-10-13-22(21)38-17(3)4)25(29(35)37-8-2)18(5)31-30(32)39-24/h7,9-10,12-17,26,33H,1,8,11H2,2-6H3/b24-16+/t26-/m0/s1. The molecule has 1 N–H and O–H groups in total. The number of aromatic nitrogens is 1. The summed E-state index contributed by atoms with van der Waals surface area (Å²) in [4.78, 5) is 32.3. The van der Waals surface area contributed by atoms with Gasteiger partial charge in [0.05, 0.1) is 35.6 Å². The van der Waals surface area contributed by atoms with Gasteiger partial charge in [-0.1, -0.05) is 35.6 Å². The van der Waals surface area contributed by atoms with Gasteiger partial charge in [0, 0.05) is 11.1 Å². The van der Waals surface area contributed by atoms with E-state index < -0.39 is 12.0 Å². The number of para-hydroxylation sites is 1. The molecule has 1 atom stereocenters. The molecule has 39 heavy (non-hydrogen) atoms. The fourth-order valence-corrected chi connectivity index (χ4v) is 5.59. The molecule has 0 spiro atoms. The molecule has 9 heteroatoms. The Morgan fingerprint density at radius 2 is 2.00 bits per heavy atom. The number of thiazole rings is 1. The third-order valence-electron chi connectivity index (χ3n) is 6.15. The number of hydrogen-bond acceptors (Lipinski definition) is 8. The second-order valence-electron chi connectivity index (χ2n) is 9.23. The summed E-state index contributed by atoms with van der Waals surface area (Å²) in [6.07, 6.45) is 3.73. The van der Waals surface area contributed by atoms with Crippen LogP contribution in [0.4, 0.5) is 0 Å². The van der Waals surface area contributed by atoms with E-state index in [0.717, 1.165) is 0 Å². The van der Waals surface area contributed by atoms with Crippen molar-refractivity contribution in [3.63, 3.8) is 0 Å². The summed E-state index contributed by atoms with van der Waals surface area (Å²) < 4.78 is 18.8. The zero-order valence-corrected chi connectivity index (χ0v) is 23.5. The van der Waals surface area contributed by atoms with Crippen LogP contribution in [0.1, 0.15) is 50.4 Å². The van der Waals surface area contributed by atoms with Gasteiger partial charge in [-0.25, -0.2) is 9.79 Å². The van der Waals surface area contributed by atoms with Crippen LogP contribution in [0.3, 0.4) is 0 Å². The topological polar surface area (TPSA) is 99.4 Å². The number of phenolic OH excluding ortho intramolecular Hbond substituents is 1. The van der Waals surface area contributed by atoms with E-state index in [0.29, 0.717) is 49.6 Å². The molecule has 2 aromatic carbocycles. The Bertz CT molecular complexity index is 1630. The molecule has 1 aliphatic rings. The molecule has 0 saturated carbocycles. The number of nitrogens with zero attached hydrogens (tertiary/aromatic N) is 2. The molecule has 0 saturated heterocycles. The number of rotatable bonds is 9. The Kier molecular flexibility index (Phi) is 8.40. The van der Waals surface area contributed by atoms with E-state index in [4.69, 9.17) is 14.2 Å². The van der Waals surface area contributed by atoms with Gasteiger partial charge in [-0.3, -0.25) is 9.36 Å². The SMILES string of the molecule is C=CCc1cc(/C=c2/sc3n(c2=O)[C@@H](c2ccccc2OC(C)C)C(C(=O)OCC)=C(C)N=3)cc(OC)c1O. The predicted octanol–water partition coefficient (Wildman–Crippen LogP) is 4.03. The zero-order chi connectivity index (χ0) is 28.3. The predicted molar refractivity (Wildman–Crippen MR) is 151 cm³/mol. The summed E-state index contributed by atoms with van der Waals surface area (Å²) in [5.41, 5.74) is 2.42. The first kappa shape index (κ1) is 27.9. The molecule has 0 unspecified atom stereocenters. The van der Waals surface area contributed by atoms with Gasteiger partial charge >= 0.3 is 5.97 Å². The summed E-state index contributed by atoms with van der Waals surface area (Å²) >= 11 is 1.22. The van der Waals surface area contributed by atoms with Crippen molar-refractivity contribution in [2.45, 2.75) is 46.3 Å². The van der Waals surface area contributed by atoms with E-state index in [9.17, 15) is 14.7 Å². The Labute approximate surface area is 230 Å². The summed E-state index contributed by atoms with van der Waals surface area (Å²) in [5.74, 6) is 0.370. The summed E-state index contributed by atoms with van der Waals surface area (Å²) in [7, 11) is 1.47. The van der Waals surface area contributed by atoms with Crippen LogP contribution in [0, 0.1) is 0 Å². The molecule has 204 valence electrons. The average molecular weight is 549 g/mol. The van der Waals surface area contributed by atoms with Gasteiger partial charge in [-0.15, -0.1) is 6.58 Å². The minimum atomic E-state index is -0.789. The lowest BCUT2D eigenvalue weighted by Gasteiger charge is -2.26. The van der Waals surface area contributed by atoms with Crippen LogP contribution in [-0.4, -0.2) is 35.5 Å². The number of allylic oxidation sites excluding steroid dienone is 2. The Morgan fingerprint density at radius 3 is 2.67 bits per heavy atom. The largest absolute Gasteiger partial charge is 0.504 e. The number of phenols is 1. The molecule has 2 heterocycles. The van der Waals surface area contributed by atoms with Crippen molar-refractivity contribution in [2.24, 2.45) is 4.99 Å². The highest BCUT2D eigenvalue weighted by molar-refractivity contribution is 7.07. The van der Waals surface area contributed by atoms with Crippen LogP contribution in [0.15, 0.2) is 70.1 Å². The van der Waals surface area contributed by atoms with Crippen molar-refractivity contribution in [3.8, 4) is 17.2 Å². The maximum atomic E-state index is 14.0. The number of benzene rings is 2. The smallest absolute Gasteiger partial charge is 0.338 e. The van der Waals surface area contributed by atoms with E-state index in [1.54, 1.807) is 38.1 Å². The van der Waals surface area contributed by atoms with Gasteiger partial charge in [0.2, 0.25) is 0 Å². The van der Waals surface area contributed by atoms with Crippen molar-refractivity contribution in [1.82, 2.24) is 4.57 Å². The molecule has 8 nitrogen and oxygen atoms in total. The number of carbonyl (C=O) groups excluding carboxylic acids is 1. The minimum Gasteiger partial charge on any atom is -0.504 e. The maximum Gasteiger partial charge on any atom is 0.338 e. The number of esters is 1. The van der Waals surface area contributed by atoms with Crippen LogP contribution in [0.2, 0.25) is 0 Å². The molecule has 0 bridgehead atoms. The summed E-state index contributed by atoms with van der Waals surface area (Å²) in [6, 6.07) is 10.0. The van der Waals surface area contributed by atoms with Gasteiger partial charge < -0.3 is 19.3 Å². The zero-order valence-electron chi connectivity index (χ0n) is 22.7. The molecule has 1 aliphatic heterocycles. The van der Waals surface area contributed by atoms with E-state index in [2.05, 4.69) is 11.6 Å². The number of hydrogen-bond donors (Lipinski definition) is 1. The average Bonchev–Trinajstić information content (AvgIpc) is 3.19. The lowest BCUT2D eigenvalue weighted by atomic mass is 9.95. The van der Waals surface area contributed by atoms with Gasteiger partial charge in [0.1, 0.15) is 11.8 Å². The van der Waals surface area contributed by atoms with Crippen LogP contribution < -0.4 is 24.4 Å². The quantitative estimate of drug-likeness (QED) is 0.320. The second-order valence-corrected chi connectivity index (χ2v) is 10.2. The van der Waals surface area contributed by atoms with E-state index in [1.165, 1.54) is 23.0 Å². The lowest BCUT2D eigenvalue weighted by Crippen LogP contribution is -2.40. The van der Waals surface area contributed by atoms with Crippen molar-refractivity contribution in [3.05, 3.63) is 96.7 Å². The van der Waals surface area contributed by atoms with Crippen LogP contribution in [-0.2, 0) is 16.0 Å². The third-order valence-corrected chi connectivity index (χ3v) is 7.13.